The van der Waals surface area contributed by atoms with E-state index in [9.17, 15) is 14.4 Å². The van der Waals surface area contributed by atoms with E-state index in [4.69, 9.17) is 4.74 Å². The summed E-state index contributed by atoms with van der Waals surface area (Å²) in [6, 6.07) is 7.62. The standard InChI is InChI=1S/C22H28N2O4S/c1-7-12(2)17-10-8-9-11-18(17)24-20(26)14(4)28-22(27)19-13(3)15(5)29-21(19)23-16(6)25/h8-12,14H,7H2,1-6H3,(H,23,25)(H,24,26)/t12-,14-/m0/s1. The van der Waals surface area contributed by atoms with Gasteiger partial charge in [-0.15, -0.1) is 11.3 Å². The number of aryl methyl sites for hydroxylation is 1. The number of carbonyl (C=O) groups excluding carboxylic acids is 3. The Morgan fingerprint density at radius 2 is 1.76 bits per heavy atom. The Kier molecular flexibility index (Phi) is 7.56. The number of ether oxygens (including phenoxy) is 1. The summed E-state index contributed by atoms with van der Waals surface area (Å²) in [5.74, 6) is -1.01. The highest BCUT2D eigenvalue weighted by Crippen LogP contribution is 2.33. The predicted octanol–water partition coefficient (Wildman–Crippen LogP) is 5.02. The van der Waals surface area contributed by atoms with E-state index in [-0.39, 0.29) is 5.91 Å². The molecule has 2 atom stereocenters. The summed E-state index contributed by atoms with van der Waals surface area (Å²) in [7, 11) is 0. The average Bonchev–Trinajstić information content (AvgIpc) is 2.94. The fourth-order valence-corrected chi connectivity index (χ4v) is 3.98. The van der Waals surface area contributed by atoms with Crippen LogP contribution in [0.4, 0.5) is 10.7 Å². The van der Waals surface area contributed by atoms with Crippen LogP contribution in [0.5, 0.6) is 0 Å². The Hall–Kier alpha value is -2.67. The molecule has 0 saturated heterocycles. The summed E-state index contributed by atoms with van der Waals surface area (Å²) in [5.41, 5.74) is 2.79. The minimum atomic E-state index is -0.989. The molecule has 2 aromatic rings. The maximum absolute atomic E-state index is 12.7. The van der Waals surface area contributed by atoms with E-state index in [1.165, 1.54) is 25.2 Å². The van der Waals surface area contributed by atoms with Crippen LogP contribution in [-0.2, 0) is 14.3 Å². The Balaban J connectivity index is 2.15. The maximum atomic E-state index is 12.7. The number of esters is 1. The number of hydrogen-bond acceptors (Lipinski definition) is 5. The number of benzene rings is 1. The highest BCUT2D eigenvalue weighted by molar-refractivity contribution is 7.16. The van der Waals surface area contributed by atoms with Crippen LogP contribution in [0.25, 0.3) is 0 Å². The molecule has 2 amide bonds. The van der Waals surface area contributed by atoms with Gasteiger partial charge in [0.05, 0.1) is 5.56 Å². The van der Waals surface area contributed by atoms with Crippen molar-refractivity contribution < 1.29 is 19.1 Å². The van der Waals surface area contributed by atoms with Crippen molar-refractivity contribution in [1.29, 1.82) is 0 Å². The lowest BCUT2D eigenvalue weighted by Gasteiger charge is -2.18. The second kappa shape index (κ2) is 9.69. The van der Waals surface area contributed by atoms with Gasteiger partial charge in [-0.05, 0) is 50.3 Å². The van der Waals surface area contributed by atoms with Gasteiger partial charge in [0, 0.05) is 17.5 Å². The van der Waals surface area contributed by atoms with Gasteiger partial charge in [0.15, 0.2) is 6.10 Å². The van der Waals surface area contributed by atoms with E-state index in [1.807, 2.05) is 31.2 Å². The van der Waals surface area contributed by atoms with Gasteiger partial charge >= 0.3 is 5.97 Å². The number of para-hydroxylation sites is 1. The molecular weight excluding hydrogens is 388 g/mol. The van der Waals surface area contributed by atoms with Crippen LogP contribution in [0.1, 0.15) is 66.4 Å². The van der Waals surface area contributed by atoms with Crippen LogP contribution >= 0.6 is 11.3 Å². The number of hydrogen-bond donors (Lipinski definition) is 2. The first kappa shape index (κ1) is 22.6. The summed E-state index contributed by atoms with van der Waals surface area (Å²) in [4.78, 5) is 37.7. The molecule has 1 heterocycles. The van der Waals surface area contributed by atoms with Crippen LogP contribution in [0, 0.1) is 13.8 Å². The quantitative estimate of drug-likeness (QED) is 0.621. The lowest BCUT2D eigenvalue weighted by molar-refractivity contribution is -0.123. The number of carbonyl (C=O) groups is 3. The van der Waals surface area contributed by atoms with Gasteiger partial charge in [0.25, 0.3) is 5.91 Å². The number of amides is 2. The lowest BCUT2D eigenvalue weighted by Crippen LogP contribution is -2.30. The first-order chi connectivity index (χ1) is 13.6. The molecule has 0 aliphatic carbocycles. The number of nitrogens with one attached hydrogen (secondary N) is 2. The third kappa shape index (κ3) is 5.44. The molecule has 0 radical (unpaired) electrons. The fourth-order valence-electron chi connectivity index (χ4n) is 2.89. The second-order valence-corrected chi connectivity index (χ2v) is 8.33. The summed E-state index contributed by atoms with van der Waals surface area (Å²) in [6.07, 6.45) is -0.0441. The van der Waals surface area contributed by atoms with E-state index < -0.39 is 18.0 Å². The average molecular weight is 417 g/mol. The topological polar surface area (TPSA) is 84.5 Å². The van der Waals surface area contributed by atoms with Crippen molar-refractivity contribution >= 4 is 39.8 Å². The molecule has 7 heteroatoms. The van der Waals surface area contributed by atoms with Crippen LogP contribution in [0.15, 0.2) is 24.3 Å². The predicted molar refractivity (Wildman–Crippen MR) is 117 cm³/mol. The van der Waals surface area contributed by atoms with Crippen molar-refractivity contribution in [1.82, 2.24) is 0 Å². The Bertz CT molecular complexity index is 920. The van der Waals surface area contributed by atoms with Gasteiger partial charge in [-0.1, -0.05) is 32.0 Å². The van der Waals surface area contributed by atoms with Crippen LogP contribution < -0.4 is 10.6 Å². The minimum absolute atomic E-state index is 0.271. The smallest absolute Gasteiger partial charge is 0.342 e. The van der Waals surface area contributed by atoms with Gasteiger partial charge in [-0.25, -0.2) is 4.79 Å². The third-order valence-corrected chi connectivity index (χ3v) is 6.02. The first-order valence-corrected chi connectivity index (χ1v) is 10.5. The summed E-state index contributed by atoms with van der Waals surface area (Å²) in [6.45, 7) is 10.8. The number of anilines is 2. The van der Waals surface area contributed by atoms with Gasteiger partial charge in [-0.2, -0.15) is 0 Å². The van der Waals surface area contributed by atoms with Gasteiger partial charge < -0.3 is 15.4 Å². The molecule has 0 fully saturated rings. The molecule has 2 rings (SSSR count). The zero-order valence-electron chi connectivity index (χ0n) is 17.7. The number of rotatable bonds is 7. The molecule has 1 aromatic carbocycles. The molecular formula is C22H28N2O4S. The summed E-state index contributed by atoms with van der Waals surface area (Å²) in [5, 5.41) is 5.97. The third-order valence-electron chi connectivity index (χ3n) is 4.89. The monoisotopic (exact) mass is 416 g/mol. The van der Waals surface area contributed by atoms with Crippen molar-refractivity contribution in [3.8, 4) is 0 Å². The maximum Gasteiger partial charge on any atom is 0.342 e. The van der Waals surface area contributed by atoms with E-state index in [0.29, 0.717) is 16.5 Å². The Morgan fingerprint density at radius 1 is 1.10 bits per heavy atom. The molecule has 0 aliphatic heterocycles. The van der Waals surface area contributed by atoms with Crippen LogP contribution in [0.3, 0.4) is 0 Å². The van der Waals surface area contributed by atoms with Gasteiger partial charge in [0.1, 0.15) is 5.00 Å². The van der Waals surface area contributed by atoms with Crippen LogP contribution in [0.2, 0.25) is 0 Å². The Labute approximate surface area is 175 Å². The van der Waals surface area contributed by atoms with Crippen molar-refractivity contribution in [2.45, 2.75) is 60.0 Å². The summed E-state index contributed by atoms with van der Waals surface area (Å²) < 4.78 is 5.42. The van der Waals surface area contributed by atoms with E-state index in [2.05, 4.69) is 24.5 Å². The zero-order chi connectivity index (χ0) is 21.7. The highest BCUT2D eigenvalue weighted by Gasteiger charge is 2.26. The molecule has 0 bridgehead atoms. The molecule has 0 spiro atoms. The van der Waals surface area contributed by atoms with E-state index in [1.54, 1.807) is 6.92 Å². The van der Waals surface area contributed by atoms with Crippen molar-refractivity contribution in [3.05, 3.63) is 45.8 Å². The minimum Gasteiger partial charge on any atom is -0.449 e. The fraction of sp³-hybridized carbons (Fsp3) is 0.409. The molecule has 2 N–H and O–H groups in total. The highest BCUT2D eigenvalue weighted by atomic mass is 32.1. The SMILES string of the molecule is CC[C@H](C)c1ccccc1NC(=O)[C@H](C)OC(=O)c1c(NC(C)=O)sc(C)c1C. The normalized spacial score (nSPS) is 12.8. The molecule has 29 heavy (non-hydrogen) atoms. The van der Waals surface area contributed by atoms with Gasteiger partial charge in [-0.3, -0.25) is 9.59 Å². The molecule has 0 aliphatic rings. The van der Waals surface area contributed by atoms with E-state index >= 15 is 0 Å². The molecule has 6 nitrogen and oxygen atoms in total. The van der Waals surface area contributed by atoms with Gasteiger partial charge in [0.2, 0.25) is 5.91 Å². The molecule has 156 valence electrons. The second-order valence-electron chi connectivity index (χ2n) is 7.10. The molecule has 0 saturated carbocycles. The number of thiophene rings is 1. The molecule has 0 unspecified atom stereocenters. The van der Waals surface area contributed by atoms with Crippen molar-refractivity contribution in [3.63, 3.8) is 0 Å². The summed E-state index contributed by atoms with van der Waals surface area (Å²) >= 11 is 1.31. The van der Waals surface area contributed by atoms with Crippen molar-refractivity contribution in [2.24, 2.45) is 0 Å². The first-order valence-electron chi connectivity index (χ1n) is 9.64. The Morgan fingerprint density at radius 3 is 2.38 bits per heavy atom. The van der Waals surface area contributed by atoms with E-state index in [0.717, 1.165) is 28.1 Å². The molecule has 1 aromatic heterocycles. The lowest BCUT2D eigenvalue weighted by atomic mass is 9.97. The van der Waals surface area contributed by atoms with Crippen molar-refractivity contribution in [2.75, 3.05) is 10.6 Å². The zero-order valence-corrected chi connectivity index (χ0v) is 18.5. The van der Waals surface area contributed by atoms with Crippen LogP contribution in [-0.4, -0.2) is 23.9 Å². The largest absolute Gasteiger partial charge is 0.449 e.